The number of hydrazone groups is 1. The summed E-state index contributed by atoms with van der Waals surface area (Å²) in [5, 5.41) is 3.99. The van der Waals surface area contributed by atoms with Crippen molar-refractivity contribution in [2.24, 2.45) is 5.10 Å². The van der Waals surface area contributed by atoms with Gasteiger partial charge < -0.3 is 9.47 Å². The monoisotopic (exact) mass is 388 g/mol. The third-order valence-electron chi connectivity index (χ3n) is 4.20. The van der Waals surface area contributed by atoms with Crippen molar-refractivity contribution in [3.05, 3.63) is 95.6 Å². The van der Waals surface area contributed by atoms with Crippen molar-refractivity contribution >= 4 is 12.1 Å². The minimum absolute atomic E-state index is 0.241. The summed E-state index contributed by atoms with van der Waals surface area (Å²) in [7, 11) is 0. The summed E-state index contributed by atoms with van der Waals surface area (Å²) >= 11 is 0. The number of hydrogen-bond donors (Lipinski definition) is 1. The van der Waals surface area contributed by atoms with Crippen molar-refractivity contribution in [1.29, 1.82) is 0 Å². The van der Waals surface area contributed by atoms with Gasteiger partial charge in [0.25, 0.3) is 5.91 Å². The molecule has 3 rings (SSSR count). The molecule has 0 atom stereocenters. The zero-order valence-electron chi connectivity index (χ0n) is 16.4. The molecule has 0 unspecified atom stereocenters. The van der Waals surface area contributed by atoms with Crippen LogP contribution >= 0.6 is 0 Å². The van der Waals surface area contributed by atoms with Gasteiger partial charge in [0.15, 0.2) is 0 Å². The van der Waals surface area contributed by atoms with E-state index in [9.17, 15) is 4.79 Å². The highest BCUT2D eigenvalue weighted by Crippen LogP contribution is 2.16. The molecule has 29 heavy (non-hydrogen) atoms. The molecule has 3 aromatic carbocycles. The first-order valence-corrected chi connectivity index (χ1v) is 9.52. The molecular formula is C24H24N2O3. The predicted molar refractivity (Wildman–Crippen MR) is 115 cm³/mol. The fourth-order valence-electron chi connectivity index (χ4n) is 2.62. The van der Waals surface area contributed by atoms with Gasteiger partial charge in [0.05, 0.1) is 19.4 Å². The number of nitrogens with zero attached hydrogens (tertiary/aromatic N) is 1. The van der Waals surface area contributed by atoms with Crippen molar-refractivity contribution in [1.82, 2.24) is 5.43 Å². The van der Waals surface area contributed by atoms with Crippen LogP contribution in [0, 0.1) is 6.92 Å². The van der Waals surface area contributed by atoms with E-state index in [0.29, 0.717) is 18.8 Å². The second kappa shape index (κ2) is 10.7. The highest BCUT2D eigenvalue weighted by atomic mass is 16.5. The van der Waals surface area contributed by atoms with E-state index in [2.05, 4.69) is 10.5 Å². The zero-order valence-corrected chi connectivity index (χ0v) is 16.4. The first-order valence-electron chi connectivity index (χ1n) is 9.52. The molecule has 0 radical (unpaired) electrons. The number of carbonyl (C=O) groups is 1. The van der Waals surface area contributed by atoms with Gasteiger partial charge in [-0.15, -0.1) is 0 Å². The standard InChI is InChI=1S/C24H24N2O3/c1-19-8-5-6-11-23(19)29-17-7-16-28-22-14-12-20(13-15-22)18-25-26-24(27)21-9-3-2-4-10-21/h2-6,8-15,18H,7,16-17H2,1H3,(H,26,27)/b25-18-. The van der Waals surface area contributed by atoms with Crippen molar-refractivity contribution < 1.29 is 14.3 Å². The Hall–Kier alpha value is -3.60. The van der Waals surface area contributed by atoms with Gasteiger partial charge in [0, 0.05) is 12.0 Å². The molecule has 148 valence electrons. The minimum Gasteiger partial charge on any atom is -0.493 e. The lowest BCUT2D eigenvalue weighted by Crippen LogP contribution is -2.17. The van der Waals surface area contributed by atoms with Gasteiger partial charge in [-0.1, -0.05) is 36.4 Å². The summed E-state index contributed by atoms with van der Waals surface area (Å²) in [6, 6.07) is 24.5. The Kier molecular flexibility index (Phi) is 7.41. The number of nitrogens with one attached hydrogen (secondary N) is 1. The van der Waals surface area contributed by atoms with Gasteiger partial charge in [-0.25, -0.2) is 5.43 Å². The highest BCUT2D eigenvalue weighted by Gasteiger charge is 2.02. The molecule has 0 fully saturated rings. The van der Waals surface area contributed by atoms with Crippen LogP contribution in [0.2, 0.25) is 0 Å². The third-order valence-corrected chi connectivity index (χ3v) is 4.20. The fourth-order valence-corrected chi connectivity index (χ4v) is 2.62. The van der Waals surface area contributed by atoms with E-state index in [-0.39, 0.29) is 5.91 Å². The number of ether oxygens (including phenoxy) is 2. The fraction of sp³-hybridized carbons (Fsp3) is 0.167. The Labute approximate surface area is 171 Å². The van der Waals surface area contributed by atoms with Crippen LogP contribution < -0.4 is 14.9 Å². The van der Waals surface area contributed by atoms with Crippen molar-refractivity contribution in [2.75, 3.05) is 13.2 Å². The van der Waals surface area contributed by atoms with Crippen LogP contribution in [0.15, 0.2) is 84.0 Å². The normalized spacial score (nSPS) is 10.7. The summed E-state index contributed by atoms with van der Waals surface area (Å²) in [4.78, 5) is 11.9. The molecule has 0 bridgehead atoms. The van der Waals surface area contributed by atoms with E-state index in [0.717, 1.165) is 29.0 Å². The molecular weight excluding hydrogens is 364 g/mol. The molecule has 0 spiro atoms. The number of hydrogen-bond acceptors (Lipinski definition) is 4. The van der Waals surface area contributed by atoms with Crippen LogP contribution in [-0.4, -0.2) is 25.3 Å². The molecule has 0 saturated heterocycles. The molecule has 0 heterocycles. The SMILES string of the molecule is Cc1ccccc1OCCCOc1ccc(/C=N\NC(=O)c2ccccc2)cc1. The van der Waals surface area contributed by atoms with Crippen LogP contribution in [-0.2, 0) is 0 Å². The lowest BCUT2D eigenvalue weighted by atomic mass is 10.2. The van der Waals surface area contributed by atoms with Crippen LogP contribution in [0.5, 0.6) is 11.5 Å². The molecule has 0 aromatic heterocycles. The lowest BCUT2D eigenvalue weighted by molar-refractivity contribution is 0.0955. The van der Waals surface area contributed by atoms with Gasteiger partial charge in [0.1, 0.15) is 11.5 Å². The van der Waals surface area contributed by atoms with E-state index in [1.807, 2.05) is 73.7 Å². The van der Waals surface area contributed by atoms with Crippen LogP contribution in [0.3, 0.4) is 0 Å². The quantitative estimate of drug-likeness (QED) is 0.331. The van der Waals surface area contributed by atoms with E-state index in [4.69, 9.17) is 9.47 Å². The van der Waals surface area contributed by atoms with Crippen molar-refractivity contribution in [3.8, 4) is 11.5 Å². The number of amides is 1. The number of aryl methyl sites for hydroxylation is 1. The Morgan fingerprint density at radius 3 is 2.34 bits per heavy atom. The van der Waals surface area contributed by atoms with Crippen molar-refractivity contribution in [2.45, 2.75) is 13.3 Å². The Balaban J connectivity index is 1.37. The van der Waals surface area contributed by atoms with Gasteiger partial charge in [0.2, 0.25) is 0 Å². The van der Waals surface area contributed by atoms with E-state index in [1.54, 1.807) is 18.3 Å². The second-order valence-electron chi connectivity index (χ2n) is 6.45. The number of benzene rings is 3. The van der Waals surface area contributed by atoms with E-state index >= 15 is 0 Å². The first kappa shape index (κ1) is 20.1. The Morgan fingerprint density at radius 2 is 1.59 bits per heavy atom. The van der Waals surface area contributed by atoms with Crippen molar-refractivity contribution in [3.63, 3.8) is 0 Å². The average molecular weight is 388 g/mol. The molecule has 3 aromatic rings. The molecule has 1 amide bonds. The third kappa shape index (κ3) is 6.50. The minimum atomic E-state index is -0.241. The maximum atomic E-state index is 11.9. The topological polar surface area (TPSA) is 59.9 Å². The van der Waals surface area contributed by atoms with Crippen LogP contribution in [0.25, 0.3) is 0 Å². The Morgan fingerprint density at radius 1 is 0.897 bits per heavy atom. The number of para-hydroxylation sites is 1. The zero-order chi connectivity index (χ0) is 20.3. The van der Waals surface area contributed by atoms with Gasteiger partial charge in [-0.3, -0.25) is 4.79 Å². The largest absolute Gasteiger partial charge is 0.493 e. The van der Waals surface area contributed by atoms with Gasteiger partial charge in [-0.05, 0) is 60.5 Å². The maximum absolute atomic E-state index is 11.9. The molecule has 0 aliphatic carbocycles. The Bertz CT molecular complexity index is 938. The molecule has 1 N–H and O–H groups in total. The van der Waals surface area contributed by atoms with E-state index in [1.165, 1.54) is 0 Å². The van der Waals surface area contributed by atoms with Gasteiger partial charge in [-0.2, -0.15) is 5.10 Å². The predicted octanol–water partition coefficient (Wildman–Crippen LogP) is 4.61. The molecule has 5 heteroatoms. The molecule has 5 nitrogen and oxygen atoms in total. The average Bonchev–Trinajstić information content (AvgIpc) is 2.76. The molecule has 0 aliphatic rings. The number of carbonyl (C=O) groups excluding carboxylic acids is 1. The summed E-state index contributed by atoms with van der Waals surface area (Å²) in [5.41, 5.74) is 5.08. The first-order chi connectivity index (χ1) is 14.2. The lowest BCUT2D eigenvalue weighted by Gasteiger charge is -2.09. The molecule has 0 saturated carbocycles. The number of rotatable bonds is 9. The highest BCUT2D eigenvalue weighted by molar-refractivity contribution is 5.94. The smallest absolute Gasteiger partial charge is 0.271 e. The van der Waals surface area contributed by atoms with E-state index < -0.39 is 0 Å². The van der Waals surface area contributed by atoms with Crippen LogP contribution in [0.4, 0.5) is 0 Å². The summed E-state index contributed by atoms with van der Waals surface area (Å²) in [5.74, 6) is 1.46. The summed E-state index contributed by atoms with van der Waals surface area (Å²) in [6.07, 6.45) is 2.39. The second-order valence-corrected chi connectivity index (χ2v) is 6.45. The molecule has 0 aliphatic heterocycles. The summed E-state index contributed by atoms with van der Waals surface area (Å²) in [6.45, 7) is 3.22. The summed E-state index contributed by atoms with van der Waals surface area (Å²) < 4.78 is 11.5. The van der Waals surface area contributed by atoms with Gasteiger partial charge >= 0.3 is 0 Å². The van der Waals surface area contributed by atoms with Crippen LogP contribution in [0.1, 0.15) is 27.9 Å². The maximum Gasteiger partial charge on any atom is 0.271 e.